The molecule has 13 atom stereocenters. The third kappa shape index (κ3) is 6.48. The maximum atomic E-state index is 14.8. The lowest BCUT2D eigenvalue weighted by Gasteiger charge is -2.72. The molecule has 6 fully saturated rings. The molecule has 0 heterocycles. The third-order valence-electron chi connectivity index (χ3n) is 20.9. The Kier molecular flexibility index (Phi) is 10.3. The van der Waals surface area contributed by atoms with Crippen LogP contribution in [0.4, 0.5) is 4.39 Å². The van der Waals surface area contributed by atoms with Crippen molar-refractivity contribution in [1.29, 1.82) is 0 Å². The molecule has 2 N–H and O–H groups in total. The van der Waals surface area contributed by atoms with Gasteiger partial charge in [-0.1, -0.05) is 96.2 Å². The highest BCUT2D eigenvalue weighted by atomic mass is 19.1. The molecule has 5 heteroatoms. The van der Waals surface area contributed by atoms with Gasteiger partial charge in [0.05, 0.1) is 11.0 Å². The fourth-order valence-corrected chi connectivity index (χ4v) is 17.0. The van der Waals surface area contributed by atoms with Gasteiger partial charge in [0, 0.05) is 5.54 Å². The van der Waals surface area contributed by atoms with E-state index in [4.69, 9.17) is 4.74 Å². The Labute approximate surface area is 357 Å². The summed E-state index contributed by atoms with van der Waals surface area (Å²) in [6, 6.07) is 9.71. The number of halogens is 1. The maximum Gasteiger partial charge on any atom is 0.315 e. The molecule has 8 aliphatic rings. The molecule has 0 saturated heterocycles. The number of carbonyl (C=O) groups is 1. The number of esters is 1. The van der Waals surface area contributed by atoms with Gasteiger partial charge in [0.1, 0.15) is 13.3 Å². The van der Waals surface area contributed by atoms with Crippen LogP contribution < -0.4 is 5.32 Å². The number of carbonyl (C=O) groups excluding carboxylic acids is 1. The van der Waals surface area contributed by atoms with E-state index in [1.54, 1.807) is 0 Å². The second kappa shape index (κ2) is 14.4. The van der Waals surface area contributed by atoms with Crippen molar-refractivity contribution in [3.05, 3.63) is 71.3 Å². The van der Waals surface area contributed by atoms with Gasteiger partial charge in [-0.25, -0.2) is 4.39 Å². The molecular formula is C54H78FNO3. The van der Waals surface area contributed by atoms with E-state index in [0.717, 1.165) is 50.1 Å². The Balaban J connectivity index is 0.923. The Bertz CT molecular complexity index is 1890. The normalized spacial score (nSPS) is 46.9. The van der Waals surface area contributed by atoms with E-state index < -0.39 is 23.7 Å². The first-order chi connectivity index (χ1) is 27.9. The van der Waals surface area contributed by atoms with Crippen LogP contribution in [0.5, 0.6) is 0 Å². The predicted molar refractivity (Wildman–Crippen MR) is 237 cm³/mol. The van der Waals surface area contributed by atoms with E-state index in [0.29, 0.717) is 47.8 Å². The van der Waals surface area contributed by atoms with Gasteiger partial charge in [0.2, 0.25) is 0 Å². The van der Waals surface area contributed by atoms with Crippen molar-refractivity contribution < 1.29 is 19.0 Å². The number of aliphatic hydroxyl groups is 1. The van der Waals surface area contributed by atoms with Crippen LogP contribution >= 0.6 is 0 Å². The lowest BCUT2D eigenvalue weighted by atomic mass is 9.33. The van der Waals surface area contributed by atoms with Crippen molar-refractivity contribution in [3.8, 4) is 0 Å². The zero-order valence-electron chi connectivity index (χ0n) is 38.0. The van der Waals surface area contributed by atoms with Gasteiger partial charge in [-0.15, -0.1) is 0 Å². The van der Waals surface area contributed by atoms with Gasteiger partial charge >= 0.3 is 5.97 Å². The molecule has 0 aromatic heterocycles. The first-order valence-electron chi connectivity index (χ1n) is 24.2. The number of fused-ring (bicyclic) bond motifs is 8. The van der Waals surface area contributed by atoms with Gasteiger partial charge < -0.3 is 15.2 Å². The molecule has 6 saturated carbocycles. The van der Waals surface area contributed by atoms with Crippen molar-refractivity contribution in [2.24, 2.45) is 68.0 Å². The highest BCUT2D eigenvalue weighted by molar-refractivity contribution is 5.78. The summed E-state index contributed by atoms with van der Waals surface area (Å²) in [7, 11) is 0. The smallest absolute Gasteiger partial charge is 0.315 e. The molecule has 324 valence electrons. The molecule has 0 spiro atoms. The van der Waals surface area contributed by atoms with Gasteiger partial charge in [0.15, 0.2) is 0 Å². The monoisotopic (exact) mass is 808 g/mol. The minimum atomic E-state index is -1.09. The number of alkyl halides is 1. The van der Waals surface area contributed by atoms with Crippen LogP contribution in [-0.2, 0) is 16.1 Å². The Morgan fingerprint density at radius 2 is 1.64 bits per heavy atom. The summed E-state index contributed by atoms with van der Waals surface area (Å²) in [6.45, 7) is 23.0. The van der Waals surface area contributed by atoms with Crippen molar-refractivity contribution >= 4 is 5.97 Å². The first kappa shape index (κ1) is 42.1. The van der Waals surface area contributed by atoms with E-state index in [-0.39, 0.29) is 33.8 Å². The lowest BCUT2D eigenvalue weighted by Crippen LogP contribution is -2.68. The fraction of sp³-hybridized carbons (Fsp3) is 0.759. The van der Waals surface area contributed by atoms with Crippen LogP contribution in [0.2, 0.25) is 0 Å². The van der Waals surface area contributed by atoms with E-state index in [1.165, 1.54) is 80.9 Å². The largest absolute Gasteiger partial charge is 0.460 e. The van der Waals surface area contributed by atoms with E-state index in [1.807, 2.05) is 30.3 Å². The Hall–Kier alpha value is -2.24. The molecule has 1 unspecified atom stereocenters. The minimum Gasteiger partial charge on any atom is -0.460 e. The number of hydrogen-bond donors (Lipinski definition) is 2. The van der Waals surface area contributed by atoms with Gasteiger partial charge in [0.25, 0.3) is 0 Å². The SMILES string of the molecule is C=C(C)[C@@H]1CC[C@]2(NCC[C@]3(O)CC[C@@]4(C)CC4C3)CC[C@]3(C)[C@H](CC[C@@H]4[C@@]5(C)CC=C(C6=CC[C@](CF)(C(=O)OCc7ccccc7)CC6)C(C)(C)[C@@H]5CC[C@]43C)[C@@H]12. The number of ether oxygens (including phenoxy) is 1. The molecule has 9 rings (SSSR count). The molecule has 4 nitrogen and oxygen atoms in total. The zero-order chi connectivity index (χ0) is 41.9. The van der Waals surface area contributed by atoms with Crippen molar-refractivity contribution in [3.63, 3.8) is 0 Å². The topological polar surface area (TPSA) is 58.6 Å². The number of allylic oxidation sites excluding steroid dienone is 5. The zero-order valence-corrected chi connectivity index (χ0v) is 38.0. The average Bonchev–Trinajstić information content (AvgIpc) is 3.71. The van der Waals surface area contributed by atoms with Crippen LogP contribution in [0.1, 0.15) is 163 Å². The van der Waals surface area contributed by atoms with E-state index in [9.17, 15) is 14.3 Å². The van der Waals surface area contributed by atoms with Gasteiger partial charge in [-0.3, -0.25) is 4.79 Å². The average molecular weight is 808 g/mol. The summed E-state index contributed by atoms with van der Waals surface area (Å²) >= 11 is 0. The quantitative estimate of drug-likeness (QED) is 0.183. The summed E-state index contributed by atoms with van der Waals surface area (Å²) in [5, 5.41) is 16.0. The van der Waals surface area contributed by atoms with Crippen LogP contribution in [-0.4, -0.2) is 35.4 Å². The predicted octanol–water partition coefficient (Wildman–Crippen LogP) is 12.7. The van der Waals surface area contributed by atoms with Crippen LogP contribution in [0.25, 0.3) is 0 Å². The number of benzene rings is 1. The lowest BCUT2D eigenvalue weighted by molar-refractivity contribution is -0.221. The minimum absolute atomic E-state index is 0.00409. The summed E-state index contributed by atoms with van der Waals surface area (Å²) in [5.41, 5.74) is 5.01. The van der Waals surface area contributed by atoms with Crippen molar-refractivity contribution in [2.75, 3.05) is 13.2 Å². The van der Waals surface area contributed by atoms with Crippen LogP contribution in [0, 0.1) is 68.0 Å². The fourth-order valence-electron chi connectivity index (χ4n) is 17.0. The molecule has 0 amide bonds. The summed E-state index contributed by atoms with van der Waals surface area (Å²) < 4.78 is 20.5. The molecule has 1 aromatic rings. The Morgan fingerprint density at radius 1 is 0.864 bits per heavy atom. The highest BCUT2D eigenvalue weighted by Crippen LogP contribution is 2.77. The molecule has 0 bridgehead atoms. The molecule has 0 radical (unpaired) electrons. The van der Waals surface area contributed by atoms with Crippen LogP contribution in [0.15, 0.2) is 65.8 Å². The standard InChI is InChI=1S/C54H78FNO3/c1-36(2)40-18-25-54(56-31-30-53(58)28-26-48(5)32-39(48)33-53)29-27-50(7)42(45(40)54)14-15-44-49(6)21-19-41(47(3,4)43(49)20-22-51(44,50)8)38-16-23-52(35-55,24-17-38)46(57)59-34-37-12-10-9-11-13-37/h9-13,16,19,39-40,42-45,56,58H,1,14-15,17-18,20-35H2,2-8H3/t39?,40-,42+,43-,44+,45+,48-,49-,50+,51+,52-,53+,54-/m0/s1. The van der Waals surface area contributed by atoms with Crippen LogP contribution in [0.3, 0.4) is 0 Å². The molecule has 1 aromatic carbocycles. The summed E-state index contributed by atoms with van der Waals surface area (Å²) in [6.07, 6.45) is 23.2. The first-order valence-corrected chi connectivity index (χ1v) is 24.2. The Morgan fingerprint density at radius 3 is 2.34 bits per heavy atom. The number of rotatable bonds is 10. The highest BCUT2D eigenvalue weighted by Gasteiger charge is 2.70. The summed E-state index contributed by atoms with van der Waals surface area (Å²) in [5.74, 6) is 3.47. The maximum absolute atomic E-state index is 14.8. The third-order valence-corrected chi connectivity index (χ3v) is 20.9. The molecule has 59 heavy (non-hydrogen) atoms. The molecule has 8 aliphatic carbocycles. The van der Waals surface area contributed by atoms with Crippen molar-refractivity contribution in [2.45, 2.75) is 175 Å². The summed E-state index contributed by atoms with van der Waals surface area (Å²) in [4.78, 5) is 13.4. The number of hydrogen-bond acceptors (Lipinski definition) is 4. The molecule has 0 aliphatic heterocycles. The second-order valence-corrected chi connectivity index (χ2v) is 24.0. The van der Waals surface area contributed by atoms with E-state index in [2.05, 4.69) is 72.5 Å². The van der Waals surface area contributed by atoms with Gasteiger partial charge in [-0.2, -0.15) is 0 Å². The van der Waals surface area contributed by atoms with Crippen molar-refractivity contribution in [1.82, 2.24) is 5.32 Å². The molecular weight excluding hydrogens is 730 g/mol. The second-order valence-electron chi connectivity index (χ2n) is 24.0. The van der Waals surface area contributed by atoms with E-state index >= 15 is 0 Å². The van der Waals surface area contributed by atoms with Gasteiger partial charge in [-0.05, 0) is 202 Å². The number of nitrogens with one attached hydrogen (secondary N) is 1.